The summed E-state index contributed by atoms with van der Waals surface area (Å²) in [5.41, 5.74) is 2.14. The van der Waals surface area contributed by atoms with Gasteiger partial charge in [-0.25, -0.2) is 0 Å². The highest BCUT2D eigenvalue weighted by molar-refractivity contribution is 5.19. The maximum atomic E-state index is 10.3. The number of ether oxygens (including phenoxy) is 1. The second-order valence-electron chi connectivity index (χ2n) is 10.6. The number of aliphatic hydroxyl groups excluding tert-OH is 1. The lowest BCUT2D eigenvalue weighted by Crippen LogP contribution is -2.50. The maximum absolute atomic E-state index is 10.3. The quantitative estimate of drug-likeness (QED) is 0.701. The van der Waals surface area contributed by atoms with Crippen molar-refractivity contribution in [3.63, 3.8) is 0 Å². The van der Waals surface area contributed by atoms with E-state index in [4.69, 9.17) is 4.74 Å². The third kappa shape index (κ3) is 3.76. The van der Waals surface area contributed by atoms with E-state index >= 15 is 0 Å². The van der Waals surface area contributed by atoms with Gasteiger partial charge in [-0.3, -0.25) is 0 Å². The van der Waals surface area contributed by atoms with Gasteiger partial charge in [0.25, 0.3) is 0 Å². The van der Waals surface area contributed by atoms with Gasteiger partial charge in [0.2, 0.25) is 0 Å². The molecule has 0 aromatic rings. The monoisotopic (exact) mass is 375 g/mol. The molecule has 1 saturated heterocycles. The van der Waals surface area contributed by atoms with Crippen molar-refractivity contribution in [2.75, 3.05) is 26.2 Å². The summed E-state index contributed by atoms with van der Waals surface area (Å²) in [6, 6.07) is 0. The van der Waals surface area contributed by atoms with Gasteiger partial charge >= 0.3 is 0 Å². The number of aliphatic hydroxyl groups is 1. The van der Waals surface area contributed by atoms with Crippen LogP contribution >= 0.6 is 0 Å². The van der Waals surface area contributed by atoms with Crippen LogP contribution in [0.5, 0.6) is 0 Å². The molecule has 1 N–H and O–H groups in total. The first kappa shape index (κ1) is 19.9. The van der Waals surface area contributed by atoms with Crippen LogP contribution in [0.2, 0.25) is 0 Å². The van der Waals surface area contributed by atoms with Crippen LogP contribution in [0.1, 0.15) is 78.1 Å². The van der Waals surface area contributed by atoms with Crippen LogP contribution in [0.4, 0.5) is 0 Å². The SMILES string of the molecule is C=C1CCC2CC([C@@]3(C)CC[C@H](O)C[C@@H]3OCCN3CCCC3)CC[C@]12C. The highest BCUT2D eigenvalue weighted by Crippen LogP contribution is 2.60. The van der Waals surface area contributed by atoms with E-state index in [1.807, 2.05) is 0 Å². The van der Waals surface area contributed by atoms with E-state index in [0.29, 0.717) is 5.41 Å². The third-order valence-electron chi connectivity index (χ3n) is 9.18. The molecule has 3 saturated carbocycles. The molecule has 0 aromatic carbocycles. The van der Waals surface area contributed by atoms with E-state index in [1.165, 1.54) is 63.6 Å². The zero-order valence-electron chi connectivity index (χ0n) is 17.7. The van der Waals surface area contributed by atoms with E-state index in [0.717, 1.165) is 44.2 Å². The summed E-state index contributed by atoms with van der Waals surface area (Å²) in [7, 11) is 0. The van der Waals surface area contributed by atoms with Gasteiger partial charge in [-0.15, -0.1) is 0 Å². The summed E-state index contributed by atoms with van der Waals surface area (Å²) in [5.74, 6) is 1.56. The average molecular weight is 376 g/mol. The second-order valence-corrected chi connectivity index (χ2v) is 10.6. The van der Waals surface area contributed by atoms with Crippen molar-refractivity contribution < 1.29 is 9.84 Å². The van der Waals surface area contributed by atoms with Crippen molar-refractivity contribution in [3.8, 4) is 0 Å². The van der Waals surface area contributed by atoms with E-state index < -0.39 is 0 Å². The molecule has 1 heterocycles. The minimum absolute atomic E-state index is 0.171. The Bertz CT molecular complexity index is 542. The van der Waals surface area contributed by atoms with E-state index in [-0.39, 0.29) is 17.6 Å². The first-order valence-electron chi connectivity index (χ1n) is 11.6. The summed E-state index contributed by atoms with van der Waals surface area (Å²) in [5, 5.41) is 10.3. The number of allylic oxidation sites excluding steroid dienone is 1. The van der Waals surface area contributed by atoms with Gasteiger partial charge in [0, 0.05) is 13.0 Å². The molecule has 3 aliphatic carbocycles. The van der Waals surface area contributed by atoms with Gasteiger partial charge < -0.3 is 14.7 Å². The topological polar surface area (TPSA) is 32.7 Å². The maximum Gasteiger partial charge on any atom is 0.0656 e. The number of hydrogen-bond acceptors (Lipinski definition) is 3. The van der Waals surface area contributed by atoms with Crippen molar-refractivity contribution in [2.45, 2.75) is 90.3 Å². The molecule has 4 aliphatic rings. The van der Waals surface area contributed by atoms with E-state index in [9.17, 15) is 5.11 Å². The van der Waals surface area contributed by atoms with Crippen molar-refractivity contribution in [3.05, 3.63) is 12.2 Å². The lowest BCUT2D eigenvalue weighted by Gasteiger charge is -2.52. The largest absolute Gasteiger partial charge is 0.393 e. The highest BCUT2D eigenvalue weighted by Gasteiger charge is 2.52. The summed E-state index contributed by atoms with van der Waals surface area (Å²) in [6.45, 7) is 13.7. The van der Waals surface area contributed by atoms with Crippen molar-refractivity contribution in [1.82, 2.24) is 4.90 Å². The Kier molecular flexibility index (Phi) is 5.75. The predicted molar refractivity (Wildman–Crippen MR) is 111 cm³/mol. The van der Waals surface area contributed by atoms with Gasteiger partial charge in [-0.05, 0) is 93.5 Å². The Morgan fingerprint density at radius 1 is 1.07 bits per heavy atom. The molecule has 0 bridgehead atoms. The second kappa shape index (κ2) is 7.80. The molecule has 3 nitrogen and oxygen atoms in total. The fraction of sp³-hybridized carbons (Fsp3) is 0.917. The first-order valence-corrected chi connectivity index (χ1v) is 11.6. The van der Waals surface area contributed by atoms with Gasteiger partial charge in [0.1, 0.15) is 0 Å². The molecular formula is C24H41NO2. The molecular weight excluding hydrogens is 334 g/mol. The zero-order valence-corrected chi connectivity index (χ0v) is 17.7. The number of likely N-dealkylation sites (tertiary alicyclic amines) is 1. The molecule has 0 spiro atoms. The Morgan fingerprint density at radius 2 is 1.85 bits per heavy atom. The molecule has 4 fully saturated rings. The molecule has 0 aromatic heterocycles. The van der Waals surface area contributed by atoms with E-state index in [1.54, 1.807) is 0 Å². The summed E-state index contributed by atoms with van der Waals surface area (Å²) in [4.78, 5) is 2.53. The van der Waals surface area contributed by atoms with Gasteiger partial charge in [-0.2, -0.15) is 0 Å². The summed E-state index contributed by atoms with van der Waals surface area (Å²) < 4.78 is 6.52. The molecule has 2 unspecified atom stereocenters. The molecule has 154 valence electrons. The van der Waals surface area contributed by atoms with Crippen molar-refractivity contribution in [1.29, 1.82) is 0 Å². The standard InChI is InChI=1S/C24H41NO2/c1-18-6-7-19-16-20(8-10-23(18,19)2)24(3)11-9-21(26)17-22(24)27-15-14-25-12-4-5-13-25/h19-22,26H,1,4-17H2,2-3H3/t19?,20?,21-,22-,23+,24+/m0/s1. The fourth-order valence-electron chi connectivity index (χ4n) is 6.86. The van der Waals surface area contributed by atoms with Gasteiger partial charge in [0.05, 0.1) is 18.8 Å². The van der Waals surface area contributed by atoms with Crippen LogP contribution < -0.4 is 0 Å². The first-order chi connectivity index (χ1) is 12.9. The molecule has 27 heavy (non-hydrogen) atoms. The normalized spacial score (nSPS) is 46.0. The minimum atomic E-state index is -0.171. The van der Waals surface area contributed by atoms with Crippen LogP contribution in [0.15, 0.2) is 12.2 Å². The number of rotatable bonds is 5. The lowest BCUT2D eigenvalue weighted by molar-refractivity contribution is -0.129. The molecule has 4 rings (SSSR count). The van der Waals surface area contributed by atoms with E-state index in [2.05, 4.69) is 25.3 Å². The lowest BCUT2D eigenvalue weighted by atomic mass is 9.55. The van der Waals surface area contributed by atoms with Crippen LogP contribution in [-0.2, 0) is 4.74 Å². The van der Waals surface area contributed by atoms with Crippen molar-refractivity contribution in [2.24, 2.45) is 22.7 Å². The fourth-order valence-corrected chi connectivity index (χ4v) is 6.86. The summed E-state index contributed by atoms with van der Waals surface area (Å²) in [6.07, 6.45) is 12.2. The predicted octanol–water partition coefficient (Wildman–Crippen LogP) is 4.79. The Labute approximate surface area is 166 Å². The molecule has 6 atom stereocenters. The molecule has 0 amide bonds. The summed E-state index contributed by atoms with van der Waals surface area (Å²) >= 11 is 0. The highest BCUT2D eigenvalue weighted by atomic mass is 16.5. The van der Waals surface area contributed by atoms with Crippen LogP contribution in [0.25, 0.3) is 0 Å². The molecule has 0 radical (unpaired) electrons. The molecule has 3 heteroatoms. The number of nitrogens with zero attached hydrogens (tertiary/aromatic N) is 1. The number of fused-ring (bicyclic) bond motifs is 1. The Hall–Kier alpha value is -0.380. The van der Waals surface area contributed by atoms with Crippen molar-refractivity contribution >= 4 is 0 Å². The number of hydrogen-bond donors (Lipinski definition) is 1. The van der Waals surface area contributed by atoms with Crippen LogP contribution in [0.3, 0.4) is 0 Å². The Morgan fingerprint density at radius 3 is 2.63 bits per heavy atom. The minimum Gasteiger partial charge on any atom is -0.393 e. The Balaban J connectivity index is 1.41. The third-order valence-corrected chi connectivity index (χ3v) is 9.18. The van der Waals surface area contributed by atoms with Gasteiger partial charge in [0.15, 0.2) is 0 Å². The zero-order chi connectivity index (χ0) is 19.1. The van der Waals surface area contributed by atoms with Crippen LogP contribution in [0, 0.1) is 22.7 Å². The average Bonchev–Trinajstić information content (AvgIpc) is 3.26. The molecule has 1 aliphatic heterocycles. The van der Waals surface area contributed by atoms with Crippen LogP contribution in [-0.4, -0.2) is 48.5 Å². The smallest absolute Gasteiger partial charge is 0.0656 e. The van der Waals surface area contributed by atoms with Gasteiger partial charge in [-0.1, -0.05) is 26.0 Å².